The summed E-state index contributed by atoms with van der Waals surface area (Å²) in [6.45, 7) is 1.75. The lowest BCUT2D eigenvalue weighted by molar-refractivity contribution is -0.384. The molecule has 36 heavy (non-hydrogen) atoms. The van der Waals surface area contributed by atoms with Gasteiger partial charge in [-0.05, 0) is 17.7 Å². The number of aromatic nitrogens is 2. The Hall–Kier alpha value is -4.89. The summed E-state index contributed by atoms with van der Waals surface area (Å²) >= 11 is 0. The van der Waals surface area contributed by atoms with Crippen LogP contribution in [0.1, 0.15) is 17.0 Å². The van der Waals surface area contributed by atoms with Crippen molar-refractivity contribution < 1.29 is 23.9 Å². The van der Waals surface area contributed by atoms with Crippen LogP contribution in [-0.4, -0.2) is 52.4 Å². The van der Waals surface area contributed by atoms with Crippen molar-refractivity contribution in [3.8, 4) is 29.0 Å². The number of hydrogen-bond acceptors (Lipinski definition) is 9. The van der Waals surface area contributed by atoms with Gasteiger partial charge >= 0.3 is 6.09 Å². The number of amides is 1. The highest BCUT2D eigenvalue weighted by Crippen LogP contribution is 2.46. The molecule has 2 aliphatic heterocycles. The van der Waals surface area contributed by atoms with Crippen molar-refractivity contribution in [2.24, 2.45) is 5.73 Å². The maximum Gasteiger partial charge on any atom is 0.415 e. The van der Waals surface area contributed by atoms with Crippen molar-refractivity contribution in [2.45, 2.75) is 5.92 Å². The Morgan fingerprint density at radius 1 is 1.25 bits per heavy atom. The minimum atomic E-state index is -0.728. The summed E-state index contributed by atoms with van der Waals surface area (Å²) in [7, 11) is 0. The number of nitrogens with one attached hydrogen (secondary N) is 1. The number of non-ortho nitro benzene ring substituents is 1. The molecule has 1 fully saturated rings. The summed E-state index contributed by atoms with van der Waals surface area (Å²) < 4.78 is 16.4. The van der Waals surface area contributed by atoms with E-state index < -0.39 is 16.9 Å². The van der Waals surface area contributed by atoms with Crippen LogP contribution in [0, 0.1) is 21.4 Å². The minimum absolute atomic E-state index is 0.100. The predicted octanol–water partition coefficient (Wildman–Crippen LogP) is 3.03. The highest BCUT2D eigenvalue weighted by molar-refractivity contribution is 5.73. The van der Waals surface area contributed by atoms with Gasteiger partial charge in [-0.1, -0.05) is 24.3 Å². The molecule has 0 unspecified atom stereocenters. The number of H-pyrrole nitrogens is 1. The summed E-state index contributed by atoms with van der Waals surface area (Å²) in [5.74, 6) is -0.404. The van der Waals surface area contributed by atoms with Gasteiger partial charge in [-0.15, -0.1) is 5.10 Å². The van der Waals surface area contributed by atoms with E-state index in [1.54, 1.807) is 41.3 Å². The van der Waals surface area contributed by atoms with E-state index in [1.165, 1.54) is 12.1 Å². The summed E-state index contributed by atoms with van der Waals surface area (Å²) in [5, 5.41) is 28.3. The first kappa shape index (κ1) is 22.9. The Labute approximate surface area is 204 Å². The van der Waals surface area contributed by atoms with E-state index in [0.717, 1.165) is 0 Å². The molecule has 0 saturated carbocycles. The van der Waals surface area contributed by atoms with Gasteiger partial charge in [0.1, 0.15) is 17.4 Å². The van der Waals surface area contributed by atoms with Crippen LogP contribution >= 0.6 is 0 Å². The van der Waals surface area contributed by atoms with Crippen LogP contribution in [0.4, 0.5) is 10.5 Å². The van der Waals surface area contributed by atoms with Crippen molar-refractivity contribution >= 4 is 11.8 Å². The van der Waals surface area contributed by atoms with Crippen LogP contribution in [0.25, 0.3) is 11.3 Å². The Balaban J connectivity index is 1.55. The van der Waals surface area contributed by atoms with Crippen LogP contribution in [0.15, 0.2) is 60.0 Å². The second kappa shape index (κ2) is 9.40. The maximum atomic E-state index is 12.6. The molecule has 1 atom stereocenters. The van der Waals surface area contributed by atoms with Crippen LogP contribution in [0.3, 0.4) is 0 Å². The normalized spacial score (nSPS) is 17.1. The minimum Gasteiger partial charge on any atom is -0.420 e. The molecule has 12 nitrogen and oxygen atoms in total. The summed E-state index contributed by atoms with van der Waals surface area (Å²) in [6.07, 6.45) is -0.501. The molecule has 12 heteroatoms. The van der Waals surface area contributed by atoms with Crippen LogP contribution in [0.5, 0.6) is 11.6 Å². The molecule has 0 spiro atoms. The van der Waals surface area contributed by atoms with Gasteiger partial charge in [0.25, 0.3) is 5.69 Å². The number of nitriles is 1. The predicted molar refractivity (Wildman–Crippen MR) is 125 cm³/mol. The number of nitrogens with two attached hydrogens (primary N) is 1. The van der Waals surface area contributed by atoms with Crippen LogP contribution in [0.2, 0.25) is 0 Å². The summed E-state index contributed by atoms with van der Waals surface area (Å²) in [6, 6.07) is 14.9. The van der Waals surface area contributed by atoms with E-state index in [0.29, 0.717) is 48.7 Å². The second-order valence-corrected chi connectivity index (χ2v) is 8.09. The fourth-order valence-corrected chi connectivity index (χ4v) is 4.24. The van der Waals surface area contributed by atoms with Gasteiger partial charge < -0.3 is 24.8 Å². The van der Waals surface area contributed by atoms with E-state index in [-0.39, 0.29) is 28.8 Å². The smallest absolute Gasteiger partial charge is 0.415 e. The molecule has 0 aliphatic carbocycles. The number of hydrogen-bond donors (Lipinski definition) is 2. The van der Waals surface area contributed by atoms with Gasteiger partial charge in [0.2, 0.25) is 11.8 Å². The first-order valence-corrected chi connectivity index (χ1v) is 11.0. The Kier molecular flexibility index (Phi) is 5.97. The van der Waals surface area contributed by atoms with Crippen LogP contribution < -0.4 is 15.2 Å². The molecule has 1 amide bonds. The number of benzene rings is 2. The fourth-order valence-electron chi connectivity index (χ4n) is 4.24. The standard InChI is InChI=1S/C24H20N6O6/c25-13-18-19(14-3-2-6-17(12-14)35-24(31)29-7-9-34-10-8-29)20-21(27-28-23(20)36-22(18)26)15-4-1-5-16(11-15)30(32)33/h1-6,11-12,19H,7-10,26H2,(H,27,28)/t19-/m1/s1. The van der Waals surface area contributed by atoms with E-state index in [9.17, 15) is 20.2 Å². The molecule has 3 heterocycles. The van der Waals surface area contributed by atoms with Crippen molar-refractivity contribution in [1.82, 2.24) is 15.1 Å². The molecule has 1 saturated heterocycles. The number of carbonyl (C=O) groups excluding carboxylic acids is 1. The number of aromatic amines is 1. The largest absolute Gasteiger partial charge is 0.420 e. The first-order valence-electron chi connectivity index (χ1n) is 11.0. The number of ether oxygens (including phenoxy) is 3. The number of morpholine rings is 1. The Bertz CT molecular complexity index is 1420. The van der Waals surface area contributed by atoms with E-state index >= 15 is 0 Å². The molecule has 0 radical (unpaired) electrons. The van der Waals surface area contributed by atoms with Gasteiger partial charge in [-0.3, -0.25) is 15.2 Å². The molecule has 3 N–H and O–H groups in total. The molecular formula is C24H20N6O6. The molecule has 1 aromatic heterocycles. The highest BCUT2D eigenvalue weighted by Gasteiger charge is 2.36. The molecule has 0 bridgehead atoms. The topological polar surface area (TPSA) is 170 Å². The zero-order chi connectivity index (χ0) is 25.2. The average Bonchev–Trinajstić information content (AvgIpc) is 3.31. The third-order valence-electron chi connectivity index (χ3n) is 5.95. The molecule has 182 valence electrons. The number of nitrogens with zero attached hydrogens (tertiary/aromatic N) is 4. The average molecular weight is 488 g/mol. The fraction of sp³-hybridized carbons (Fsp3) is 0.208. The molecule has 2 aromatic carbocycles. The summed E-state index contributed by atoms with van der Waals surface area (Å²) in [4.78, 5) is 25.0. The van der Waals surface area contributed by atoms with E-state index in [1.807, 2.05) is 0 Å². The Morgan fingerprint density at radius 2 is 2.03 bits per heavy atom. The zero-order valence-corrected chi connectivity index (χ0v) is 18.8. The van der Waals surface area contributed by atoms with Gasteiger partial charge in [0, 0.05) is 30.8 Å². The molecule has 5 rings (SSSR count). The van der Waals surface area contributed by atoms with Crippen LogP contribution in [-0.2, 0) is 4.74 Å². The van der Waals surface area contributed by atoms with Gasteiger partial charge in [-0.25, -0.2) is 4.79 Å². The van der Waals surface area contributed by atoms with E-state index in [2.05, 4.69) is 16.3 Å². The molecular weight excluding hydrogens is 468 g/mol. The number of allylic oxidation sites excluding steroid dienone is 1. The number of carbonyl (C=O) groups is 1. The summed E-state index contributed by atoms with van der Waals surface area (Å²) in [5.41, 5.74) is 8.09. The lowest BCUT2D eigenvalue weighted by atomic mass is 9.83. The van der Waals surface area contributed by atoms with Crippen molar-refractivity contribution in [3.63, 3.8) is 0 Å². The number of fused-ring (bicyclic) bond motifs is 1. The maximum absolute atomic E-state index is 12.6. The van der Waals surface area contributed by atoms with Crippen molar-refractivity contribution in [1.29, 1.82) is 5.26 Å². The number of nitro groups is 1. The third kappa shape index (κ3) is 4.19. The van der Waals surface area contributed by atoms with Gasteiger partial charge in [0.05, 0.1) is 35.3 Å². The third-order valence-corrected chi connectivity index (χ3v) is 5.95. The quantitative estimate of drug-likeness (QED) is 0.414. The molecule has 2 aliphatic rings. The van der Waals surface area contributed by atoms with E-state index in [4.69, 9.17) is 19.9 Å². The highest BCUT2D eigenvalue weighted by atomic mass is 16.6. The Morgan fingerprint density at radius 3 is 2.78 bits per heavy atom. The SMILES string of the molecule is N#CC1=C(N)Oc2n[nH]c(-c3cccc([N+](=O)[O-])c3)c2[C@@H]1c1cccc(OC(=O)N2CCOCC2)c1. The van der Waals surface area contributed by atoms with Crippen molar-refractivity contribution in [2.75, 3.05) is 26.3 Å². The first-order chi connectivity index (χ1) is 17.5. The monoisotopic (exact) mass is 488 g/mol. The lowest BCUT2D eigenvalue weighted by Crippen LogP contribution is -2.42. The second-order valence-electron chi connectivity index (χ2n) is 8.09. The molecule has 3 aromatic rings. The van der Waals surface area contributed by atoms with Gasteiger partial charge in [0.15, 0.2) is 0 Å². The zero-order valence-electron chi connectivity index (χ0n) is 18.8. The van der Waals surface area contributed by atoms with Gasteiger partial charge in [-0.2, -0.15) is 5.26 Å². The lowest BCUT2D eigenvalue weighted by Gasteiger charge is -2.26. The number of rotatable bonds is 4. The van der Waals surface area contributed by atoms with Crippen molar-refractivity contribution in [3.05, 3.63) is 81.2 Å². The number of nitro benzene ring substituents is 1.